The Labute approximate surface area is 355 Å². The fourth-order valence-electron chi connectivity index (χ4n) is 11.8. The second-order valence-corrected chi connectivity index (χ2v) is 17.9. The highest BCUT2D eigenvalue weighted by Crippen LogP contribution is 2.66. The molecule has 4 aliphatic carbocycles. The molecule has 2 aromatic heterocycles. The predicted molar refractivity (Wildman–Crippen MR) is 243 cm³/mol. The molecule has 2 unspecified atom stereocenters. The molecule has 7 aromatic carbocycles. The summed E-state index contributed by atoms with van der Waals surface area (Å²) < 4.78 is 6.51. The van der Waals surface area contributed by atoms with E-state index in [2.05, 4.69) is 84.9 Å². The molecule has 0 spiro atoms. The van der Waals surface area contributed by atoms with Crippen molar-refractivity contribution >= 4 is 21.9 Å². The summed E-state index contributed by atoms with van der Waals surface area (Å²) in [5, 5.41) is 11.6. The van der Waals surface area contributed by atoms with Crippen LogP contribution in [-0.4, -0.2) is 15.0 Å². The average Bonchev–Trinajstić information content (AvgIpc) is 3.69. The monoisotopic (exact) mass is 786 g/mol. The molecule has 0 amide bonds. The van der Waals surface area contributed by atoms with Crippen LogP contribution >= 0.6 is 0 Å². The number of furan rings is 1. The number of hydrogen-bond donors (Lipinski definition) is 0. The third kappa shape index (κ3) is 6.17. The lowest BCUT2D eigenvalue weighted by Gasteiger charge is -2.63. The summed E-state index contributed by atoms with van der Waals surface area (Å²) in [5.74, 6) is 3.45. The Kier molecular flexibility index (Phi) is 8.19. The Morgan fingerprint density at radius 1 is 0.443 bits per heavy atom. The summed E-state index contributed by atoms with van der Waals surface area (Å²) in [6.45, 7) is 0. The van der Waals surface area contributed by atoms with Gasteiger partial charge in [0.25, 0.3) is 0 Å². The molecule has 9 aromatic rings. The maximum Gasteiger partial charge on any atom is 0.164 e. The zero-order valence-electron chi connectivity index (χ0n) is 33.8. The minimum Gasteiger partial charge on any atom is -0.456 e. The lowest BCUT2D eigenvalue weighted by Crippen LogP contribution is -2.55. The van der Waals surface area contributed by atoms with E-state index in [0.717, 1.165) is 61.6 Å². The number of aromatic nitrogens is 3. The largest absolute Gasteiger partial charge is 0.456 e. The minimum absolute atomic E-state index is 0.213. The molecule has 0 saturated heterocycles. The van der Waals surface area contributed by atoms with Crippen LogP contribution in [0.25, 0.3) is 78.4 Å². The van der Waals surface area contributed by atoms with Gasteiger partial charge in [0.15, 0.2) is 17.5 Å². The van der Waals surface area contributed by atoms with Crippen molar-refractivity contribution in [2.45, 2.75) is 49.4 Å². The van der Waals surface area contributed by atoms with E-state index in [1.807, 2.05) is 91.0 Å². The van der Waals surface area contributed by atoms with Gasteiger partial charge in [-0.15, -0.1) is 0 Å². The molecule has 5 nitrogen and oxygen atoms in total. The van der Waals surface area contributed by atoms with Crippen LogP contribution in [0.2, 0.25) is 0 Å². The first-order valence-corrected chi connectivity index (χ1v) is 21.6. The van der Waals surface area contributed by atoms with Crippen molar-refractivity contribution in [1.82, 2.24) is 15.0 Å². The molecule has 13 rings (SSSR count). The summed E-state index contributed by atoms with van der Waals surface area (Å²) in [7, 11) is 0. The quantitative estimate of drug-likeness (QED) is 0.161. The number of fused-ring (bicyclic) bond motifs is 3. The van der Waals surface area contributed by atoms with Gasteiger partial charge in [0.2, 0.25) is 0 Å². The van der Waals surface area contributed by atoms with Crippen LogP contribution in [0.4, 0.5) is 0 Å². The van der Waals surface area contributed by atoms with Crippen molar-refractivity contribution in [3.8, 4) is 62.5 Å². The van der Waals surface area contributed by atoms with Crippen LogP contribution in [0, 0.1) is 23.2 Å². The lowest BCUT2D eigenvalue weighted by molar-refractivity contribution is -0.0281. The Bertz CT molecular complexity index is 3090. The van der Waals surface area contributed by atoms with Gasteiger partial charge >= 0.3 is 0 Å². The molecule has 292 valence electrons. The molecule has 4 fully saturated rings. The second-order valence-electron chi connectivity index (χ2n) is 17.9. The van der Waals surface area contributed by atoms with E-state index in [-0.39, 0.29) is 10.8 Å². The van der Waals surface area contributed by atoms with Gasteiger partial charge in [0.05, 0.1) is 11.6 Å². The van der Waals surface area contributed by atoms with Crippen LogP contribution in [0.15, 0.2) is 174 Å². The Morgan fingerprint density at radius 2 is 0.951 bits per heavy atom. The second kappa shape index (κ2) is 14.0. The summed E-state index contributed by atoms with van der Waals surface area (Å²) in [4.78, 5) is 14.8. The van der Waals surface area contributed by atoms with Crippen molar-refractivity contribution in [2.24, 2.45) is 11.8 Å². The highest BCUT2D eigenvalue weighted by atomic mass is 16.3. The van der Waals surface area contributed by atoms with Crippen molar-refractivity contribution in [2.75, 3.05) is 0 Å². The molecule has 4 bridgehead atoms. The summed E-state index contributed by atoms with van der Waals surface area (Å²) >= 11 is 0. The van der Waals surface area contributed by atoms with E-state index in [1.54, 1.807) is 0 Å². The van der Waals surface area contributed by atoms with Gasteiger partial charge in [-0.1, -0.05) is 127 Å². The van der Waals surface area contributed by atoms with Crippen LogP contribution in [-0.2, 0) is 10.8 Å². The van der Waals surface area contributed by atoms with Crippen molar-refractivity contribution in [3.05, 3.63) is 187 Å². The third-order valence-corrected chi connectivity index (χ3v) is 14.1. The molecule has 4 aliphatic rings. The predicted octanol–water partition coefficient (Wildman–Crippen LogP) is 13.8. The van der Waals surface area contributed by atoms with Gasteiger partial charge in [-0.2, -0.15) is 5.26 Å². The Balaban J connectivity index is 0.837. The van der Waals surface area contributed by atoms with Crippen LogP contribution < -0.4 is 0 Å². The average molecular weight is 787 g/mol. The maximum atomic E-state index is 9.44. The van der Waals surface area contributed by atoms with E-state index in [9.17, 15) is 5.26 Å². The molecule has 0 N–H and O–H groups in total. The molecule has 5 heteroatoms. The SMILES string of the molecule is N#Cc1cccc(-c2ccc(C34CC5CC(C3)CC(c3ccc(-c6ccc7c(c6)oc6ccc(-c8nc(-c9ccccc9)nc(-c9ccccc9)n8)cc67)cc3)(C5)C4)cc2)c1. The standard InChI is InChI=1S/C56H42N4O/c57-34-36-8-7-13-43(27-36)39-14-20-46(21-15-39)55-30-37-26-38(31-55)33-56(32-37,35-55)47-22-16-40(17-23-47)44-18-24-48-49-28-45(19-25-50(49)61-51(48)29-44)54-59-52(41-9-3-1-4-10-41)58-53(60-54)42-11-5-2-6-12-42/h1-25,27-29,37-38H,26,30-33,35H2. The van der Waals surface area contributed by atoms with Gasteiger partial charge in [-0.05, 0) is 137 Å². The lowest BCUT2D eigenvalue weighted by atomic mass is 9.41. The zero-order chi connectivity index (χ0) is 40.5. The topological polar surface area (TPSA) is 75.6 Å². The number of nitriles is 1. The summed E-state index contributed by atoms with van der Waals surface area (Å²) in [6, 6.07) is 62.1. The van der Waals surface area contributed by atoms with Gasteiger partial charge < -0.3 is 4.42 Å². The number of benzene rings is 7. The smallest absolute Gasteiger partial charge is 0.164 e. The van der Waals surface area contributed by atoms with E-state index in [0.29, 0.717) is 23.0 Å². The van der Waals surface area contributed by atoms with Crippen LogP contribution in [0.5, 0.6) is 0 Å². The highest BCUT2D eigenvalue weighted by molar-refractivity contribution is 6.07. The maximum absolute atomic E-state index is 9.44. The number of nitrogens with zero attached hydrogens (tertiary/aromatic N) is 4. The molecular formula is C56H42N4O. The molecule has 2 atom stereocenters. The third-order valence-electron chi connectivity index (χ3n) is 14.1. The molecule has 61 heavy (non-hydrogen) atoms. The van der Waals surface area contributed by atoms with Gasteiger partial charge in [-0.3, -0.25) is 0 Å². The Hall–Kier alpha value is -7.16. The first kappa shape index (κ1) is 35.8. The van der Waals surface area contributed by atoms with E-state index in [4.69, 9.17) is 19.4 Å². The fraction of sp³-hybridized carbons (Fsp3) is 0.179. The van der Waals surface area contributed by atoms with Crippen molar-refractivity contribution < 1.29 is 4.42 Å². The molecule has 2 heterocycles. The van der Waals surface area contributed by atoms with Crippen LogP contribution in [0.1, 0.15) is 55.2 Å². The van der Waals surface area contributed by atoms with Gasteiger partial charge in [0, 0.05) is 27.5 Å². The minimum atomic E-state index is 0.213. The molecule has 0 radical (unpaired) electrons. The van der Waals surface area contributed by atoms with Crippen LogP contribution in [0.3, 0.4) is 0 Å². The first-order valence-electron chi connectivity index (χ1n) is 21.6. The zero-order valence-corrected chi connectivity index (χ0v) is 33.8. The van der Waals surface area contributed by atoms with Crippen molar-refractivity contribution in [3.63, 3.8) is 0 Å². The molecule has 0 aliphatic heterocycles. The summed E-state index contributed by atoms with van der Waals surface area (Å²) in [5.41, 5.74) is 13.3. The van der Waals surface area contributed by atoms with E-state index >= 15 is 0 Å². The number of rotatable bonds is 7. The molecular weight excluding hydrogens is 745 g/mol. The van der Waals surface area contributed by atoms with Crippen molar-refractivity contribution in [1.29, 1.82) is 5.26 Å². The Morgan fingerprint density at radius 3 is 1.52 bits per heavy atom. The fourth-order valence-corrected chi connectivity index (χ4v) is 11.8. The van der Waals surface area contributed by atoms with E-state index in [1.165, 1.54) is 60.8 Å². The highest BCUT2D eigenvalue weighted by Gasteiger charge is 2.58. The summed E-state index contributed by atoms with van der Waals surface area (Å²) in [6.07, 6.45) is 7.77. The number of hydrogen-bond acceptors (Lipinski definition) is 5. The van der Waals surface area contributed by atoms with Gasteiger partial charge in [-0.25, -0.2) is 15.0 Å². The molecule has 4 saturated carbocycles. The van der Waals surface area contributed by atoms with E-state index < -0.39 is 0 Å². The normalized spacial score (nSPS) is 21.5. The first-order chi connectivity index (χ1) is 30.0. The van der Waals surface area contributed by atoms with Gasteiger partial charge in [0.1, 0.15) is 11.2 Å².